The average molecular weight is 250 g/mol. The Morgan fingerprint density at radius 2 is 1.76 bits per heavy atom. The SMILES string of the molecule is Cc1ccc(C2=C(Cl)C(=O)N(C)C2=O)c(C)c1. The summed E-state index contributed by atoms with van der Waals surface area (Å²) in [7, 11) is 1.43. The van der Waals surface area contributed by atoms with Crippen molar-refractivity contribution >= 4 is 29.0 Å². The van der Waals surface area contributed by atoms with Crippen LogP contribution in [-0.4, -0.2) is 23.8 Å². The molecule has 88 valence electrons. The molecule has 1 aromatic rings. The second kappa shape index (κ2) is 4.00. The second-order valence-corrected chi connectivity index (χ2v) is 4.55. The van der Waals surface area contributed by atoms with E-state index in [2.05, 4.69) is 0 Å². The number of likely N-dealkylation sites (N-methyl/N-ethyl adjacent to an activating group) is 1. The van der Waals surface area contributed by atoms with Crippen LogP contribution >= 0.6 is 11.6 Å². The molecule has 0 atom stereocenters. The summed E-state index contributed by atoms with van der Waals surface area (Å²) in [6.07, 6.45) is 0. The van der Waals surface area contributed by atoms with E-state index >= 15 is 0 Å². The van der Waals surface area contributed by atoms with Gasteiger partial charge in [-0.15, -0.1) is 0 Å². The van der Waals surface area contributed by atoms with Crippen molar-refractivity contribution in [1.82, 2.24) is 4.90 Å². The first-order valence-electron chi connectivity index (χ1n) is 5.23. The van der Waals surface area contributed by atoms with Crippen molar-refractivity contribution in [1.29, 1.82) is 0 Å². The fraction of sp³-hybridized carbons (Fsp3) is 0.231. The molecule has 0 aromatic heterocycles. The highest BCUT2D eigenvalue weighted by molar-refractivity contribution is 6.55. The summed E-state index contributed by atoms with van der Waals surface area (Å²) in [5.74, 6) is -0.779. The molecule has 1 aliphatic heterocycles. The number of rotatable bonds is 1. The van der Waals surface area contributed by atoms with Gasteiger partial charge in [0.15, 0.2) is 0 Å². The molecule has 2 amide bonds. The van der Waals surface area contributed by atoms with Crippen molar-refractivity contribution in [2.24, 2.45) is 0 Å². The van der Waals surface area contributed by atoms with Gasteiger partial charge in [0.1, 0.15) is 5.03 Å². The van der Waals surface area contributed by atoms with Gasteiger partial charge in [0.05, 0.1) is 5.57 Å². The highest BCUT2D eigenvalue weighted by Crippen LogP contribution is 2.32. The fourth-order valence-electron chi connectivity index (χ4n) is 1.94. The zero-order chi connectivity index (χ0) is 12.7. The monoisotopic (exact) mass is 249 g/mol. The van der Waals surface area contributed by atoms with E-state index in [1.54, 1.807) is 0 Å². The molecule has 1 aromatic carbocycles. The van der Waals surface area contributed by atoms with Gasteiger partial charge < -0.3 is 0 Å². The Morgan fingerprint density at radius 3 is 2.24 bits per heavy atom. The number of imide groups is 1. The number of nitrogens with zero attached hydrogens (tertiary/aromatic N) is 1. The fourth-order valence-corrected chi connectivity index (χ4v) is 2.24. The average Bonchev–Trinajstić information content (AvgIpc) is 2.45. The number of aryl methyl sites for hydroxylation is 2. The highest BCUT2D eigenvalue weighted by Gasteiger charge is 2.35. The Hall–Kier alpha value is -1.61. The van der Waals surface area contributed by atoms with E-state index in [0.717, 1.165) is 21.6 Å². The van der Waals surface area contributed by atoms with Crippen molar-refractivity contribution < 1.29 is 9.59 Å². The maximum atomic E-state index is 11.9. The number of carbonyl (C=O) groups excluding carboxylic acids is 2. The molecule has 0 fully saturated rings. The van der Waals surface area contributed by atoms with Crippen LogP contribution in [0.15, 0.2) is 23.2 Å². The number of amides is 2. The lowest BCUT2D eigenvalue weighted by Crippen LogP contribution is -2.26. The first kappa shape index (κ1) is 11.9. The number of hydrogen-bond acceptors (Lipinski definition) is 2. The Kier molecular flexibility index (Phi) is 2.79. The predicted molar refractivity (Wildman–Crippen MR) is 66.5 cm³/mol. The van der Waals surface area contributed by atoms with Gasteiger partial charge in [0.25, 0.3) is 11.8 Å². The Bertz CT molecular complexity index is 561. The molecule has 0 aliphatic carbocycles. The van der Waals surface area contributed by atoms with Crippen molar-refractivity contribution in [3.63, 3.8) is 0 Å². The van der Waals surface area contributed by atoms with Crippen molar-refractivity contribution in [3.8, 4) is 0 Å². The summed E-state index contributed by atoms with van der Waals surface area (Å²) in [5, 5.41) is 0.00412. The summed E-state index contributed by atoms with van der Waals surface area (Å²) < 4.78 is 0. The first-order valence-corrected chi connectivity index (χ1v) is 5.61. The third kappa shape index (κ3) is 1.76. The Morgan fingerprint density at radius 1 is 1.12 bits per heavy atom. The van der Waals surface area contributed by atoms with Crippen molar-refractivity contribution in [3.05, 3.63) is 39.9 Å². The summed E-state index contributed by atoms with van der Waals surface area (Å²) in [5.41, 5.74) is 3.07. The van der Waals surface area contributed by atoms with Gasteiger partial charge in [0.2, 0.25) is 0 Å². The van der Waals surface area contributed by atoms with Crippen LogP contribution in [0.3, 0.4) is 0 Å². The third-order valence-electron chi connectivity index (χ3n) is 2.88. The largest absolute Gasteiger partial charge is 0.277 e. The maximum Gasteiger partial charge on any atom is 0.272 e. The van der Waals surface area contributed by atoms with Crippen LogP contribution in [0.5, 0.6) is 0 Å². The van der Waals surface area contributed by atoms with Gasteiger partial charge in [-0.1, -0.05) is 35.4 Å². The van der Waals surface area contributed by atoms with Crippen molar-refractivity contribution in [2.45, 2.75) is 13.8 Å². The summed E-state index contributed by atoms with van der Waals surface area (Å²) in [6, 6.07) is 5.69. The molecule has 1 aliphatic rings. The van der Waals surface area contributed by atoms with E-state index in [4.69, 9.17) is 11.6 Å². The van der Waals surface area contributed by atoms with E-state index in [9.17, 15) is 9.59 Å². The highest BCUT2D eigenvalue weighted by atomic mass is 35.5. The Labute approximate surface area is 105 Å². The van der Waals surface area contributed by atoms with Crippen LogP contribution in [0.1, 0.15) is 16.7 Å². The number of halogens is 1. The minimum atomic E-state index is -0.438. The smallest absolute Gasteiger partial charge is 0.272 e. The third-order valence-corrected chi connectivity index (χ3v) is 3.23. The van der Waals surface area contributed by atoms with Gasteiger partial charge >= 0.3 is 0 Å². The molecular weight excluding hydrogens is 238 g/mol. The molecule has 3 nitrogen and oxygen atoms in total. The molecular formula is C13H12ClNO2. The summed E-state index contributed by atoms with van der Waals surface area (Å²) >= 11 is 5.93. The van der Waals surface area contributed by atoms with Crippen LogP contribution in [-0.2, 0) is 9.59 Å². The number of hydrogen-bond donors (Lipinski definition) is 0. The predicted octanol–water partition coefficient (Wildman–Crippen LogP) is 2.25. The van der Waals surface area contributed by atoms with Gasteiger partial charge in [-0.3, -0.25) is 14.5 Å². The molecule has 0 spiro atoms. The quantitative estimate of drug-likeness (QED) is 0.716. The zero-order valence-electron chi connectivity index (χ0n) is 9.87. The zero-order valence-corrected chi connectivity index (χ0v) is 10.6. The van der Waals surface area contributed by atoms with Gasteiger partial charge in [-0.25, -0.2) is 0 Å². The Balaban J connectivity index is 2.61. The second-order valence-electron chi connectivity index (χ2n) is 4.18. The van der Waals surface area contributed by atoms with Crippen LogP contribution < -0.4 is 0 Å². The lowest BCUT2D eigenvalue weighted by Gasteiger charge is -2.09. The van der Waals surface area contributed by atoms with Gasteiger partial charge in [-0.2, -0.15) is 0 Å². The lowest BCUT2D eigenvalue weighted by atomic mass is 9.99. The van der Waals surface area contributed by atoms with Crippen molar-refractivity contribution in [2.75, 3.05) is 7.05 Å². The minimum Gasteiger partial charge on any atom is -0.277 e. The maximum absolute atomic E-state index is 11.9. The van der Waals surface area contributed by atoms with E-state index in [1.165, 1.54) is 7.05 Å². The topological polar surface area (TPSA) is 37.4 Å². The molecule has 0 saturated heterocycles. The molecule has 0 saturated carbocycles. The molecule has 0 unspecified atom stereocenters. The van der Waals surface area contributed by atoms with E-state index in [1.807, 2.05) is 32.0 Å². The molecule has 0 radical (unpaired) electrons. The molecule has 1 heterocycles. The molecule has 0 bridgehead atoms. The van der Waals surface area contributed by atoms with Gasteiger partial charge in [0, 0.05) is 7.05 Å². The van der Waals surface area contributed by atoms with Crippen LogP contribution in [0.2, 0.25) is 0 Å². The molecule has 4 heteroatoms. The van der Waals surface area contributed by atoms with Crippen LogP contribution in [0.4, 0.5) is 0 Å². The van der Waals surface area contributed by atoms with E-state index in [-0.39, 0.29) is 10.9 Å². The van der Waals surface area contributed by atoms with E-state index in [0.29, 0.717) is 5.57 Å². The molecule has 0 N–H and O–H groups in total. The molecule has 2 rings (SSSR count). The standard InChI is InChI=1S/C13H12ClNO2/c1-7-4-5-9(8(2)6-7)10-11(14)13(17)15(3)12(10)16/h4-6H,1-3H3. The summed E-state index contributed by atoms with van der Waals surface area (Å²) in [4.78, 5) is 24.6. The van der Waals surface area contributed by atoms with Gasteiger partial charge in [-0.05, 0) is 25.0 Å². The minimum absolute atomic E-state index is 0.00412. The van der Waals surface area contributed by atoms with Crippen LogP contribution in [0, 0.1) is 13.8 Å². The molecule has 17 heavy (non-hydrogen) atoms. The first-order chi connectivity index (χ1) is 7.93. The lowest BCUT2D eigenvalue weighted by molar-refractivity contribution is -0.134. The van der Waals surface area contributed by atoms with Crippen LogP contribution in [0.25, 0.3) is 5.57 Å². The summed E-state index contributed by atoms with van der Waals surface area (Å²) in [6.45, 7) is 3.87. The number of benzene rings is 1. The number of carbonyl (C=O) groups is 2. The van der Waals surface area contributed by atoms with E-state index < -0.39 is 5.91 Å². The normalized spacial score (nSPS) is 16.1.